The maximum absolute atomic E-state index is 12.5. The lowest BCUT2D eigenvalue weighted by Gasteiger charge is -2.26. The van der Waals surface area contributed by atoms with Gasteiger partial charge in [0.1, 0.15) is 0 Å². The van der Waals surface area contributed by atoms with Crippen LogP contribution in [0.3, 0.4) is 0 Å². The summed E-state index contributed by atoms with van der Waals surface area (Å²) in [5, 5.41) is 6.52. The van der Waals surface area contributed by atoms with Gasteiger partial charge in [0.15, 0.2) is 15.0 Å². The third-order valence-electron chi connectivity index (χ3n) is 4.32. The third kappa shape index (κ3) is 3.47. The molecule has 2 atom stereocenters. The third-order valence-corrected chi connectivity index (χ3v) is 7.12. The Morgan fingerprint density at radius 3 is 2.70 bits per heavy atom. The molecule has 10 heteroatoms. The van der Waals surface area contributed by atoms with Crippen molar-refractivity contribution < 1.29 is 13.2 Å². The summed E-state index contributed by atoms with van der Waals surface area (Å²) in [7, 11) is -1.39. The number of hydrogen-bond acceptors (Lipinski definition) is 6. The maximum atomic E-state index is 12.5. The zero-order chi connectivity index (χ0) is 16.8. The predicted molar refractivity (Wildman–Crippen MR) is 86.3 cm³/mol. The first kappa shape index (κ1) is 16.6. The van der Waals surface area contributed by atoms with Crippen molar-refractivity contribution in [3.63, 3.8) is 0 Å². The molecule has 1 amide bonds. The molecule has 0 spiro atoms. The van der Waals surface area contributed by atoms with E-state index in [1.807, 2.05) is 0 Å². The molecule has 2 fully saturated rings. The van der Waals surface area contributed by atoms with Crippen LogP contribution in [-0.2, 0) is 14.6 Å². The van der Waals surface area contributed by atoms with Gasteiger partial charge in [0.25, 0.3) is 0 Å². The fourth-order valence-corrected chi connectivity index (χ4v) is 5.59. The molecule has 1 aromatic rings. The minimum atomic E-state index is -3.03. The van der Waals surface area contributed by atoms with Crippen LogP contribution < -0.4 is 5.69 Å². The van der Waals surface area contributed by atoms with Gasteiger partial charge in [0.05, 0.1) is 16.8 Å². The Bertz CT molecular complexity index is 765. The molecule has 1 aliphatic heterocycles. The second-order valence-corrected chi connectivity index (χ2v) is 9.72. The standard InChI is InChI=1S/C13H20N4O4S2/c1-8(11(18)16(2)10-5-6-23(20,21)7-10)22-13-15-14-12(19)17(13)9-3-4-9/h8-10H,3-7H2,1-2H3,(H,14,19)/t8-,10+/m1/s1. The predicted octanol–water partition coefficient (Wildman–Crippen LogP) is 0.0324. The van der Waals surface area contributed by atoms with Gasteiger partial charge >= 0.3 is 5.69 Å². The van der Waals surface area contributed by atoms with Crippen LogP contribution in [0, 0.1) is 0 Å². The van der Waals surface area contributed by atoms with Crippen LogP contribution in [0.1, 0.15) is 32.2 Å². The number of rotatable bonds is 5. The summed E-state index contributed by atoms with van der Waals surface area (Å²) in [4.78, 5) is 25.8. The number of nitrogens with zero attached hydrogens (tertiary/aromatic N) is 3. The molecule has 0 radical (unpaired) electrons. The van der Waals surface area contributed by atoms with Crippen LogP contribution in [0.25, 0.3) is 0 Å². The largest absolute Gasteiger partial charge is 0.344 e. The van der Waals surface area contributed by atoms with E-state index in [0.717, 1.165) is 12.8 Å². The van der Waals surface area contributed by atoms with E-state index in [4.69, 9.17) is 0 Å². The van der Waals surface area contributed by atoms with Gasteiger partial charge in [-0.3, -0.25) is 9.36 Å². The van der Waals surface area contributed by atoms with Gasteiger partial charge in [-0.2, -0.15) is 0 Å². The second kappa shape index (κ2) is 5.97. The van der Waals surface area contributed by atoms with Crippen molar-refractivity contribution in [1.82, 2.24) is 19.7 Å². The number of nitrogens with one attached hydrogen (secondary N) is 1. The van der Waals surface area contributed by atoms with Gasteiger partial charge in [0.2, 0.25) is 5.91 Å². The van der Waals surface area contributed by atoms with Crippen molar-refractivity contribution in [2.75, 3.05) is 18.6 Å². The summed E-state index contributed by atoms with van der Waals surface area (Å²) in [6.07, 6.45) is 2.39. The van der Waals surface area contributed by atoms with Gasteiger partial charge in [-0.05, 0) is 26.2 Å². The fourth-order valence-electron chi connectivity index (χ4n) is 2.78. The normalized spacial score (nSPS) is 24.5. The van der Waals surface area contributed by atoms with Gasteiger partial charge < -0.3 is 4.90 Å². The smallest absolute Gasteiger partial charge is 0.341 e. The monoisotopic (exact) mass is 360 g/mol. The molecule has 1 saturated carbocycles. The van der Waals surface area contributed by atoms with E-state index in [9.17, 15) is 18.0 Å². The van der Waals surface area contributed by atoms with E-state index in [2.05, 4.69) is 10.2 Å². The molecular weight excluding hydrogens is 340 g/mol. The molecule has 1 saturated heterocycles. The Morgan fingerprint density at radius 2 is 2.13 bits per heavy atom. The highest BCUT2D eigenvalue weighted by Gasteiger charge is 2.35. The van der Waals surface area contributed by atoms with E-state index in [1.54, 1.807) is 18.5 Å². The van der Waals surface area contributed by atoms with Crippen LogP contribution >= 0.6 is 11.8 Å². The molecule has 2 aliphatic rings. The van der Waals surface area contributed by atoms with Crippen LogP contribution in [0.15, 0.2) is 9.95 Å². The van der Waals surface area contributed by atoms with Crippen LogP contribution in [0.2, 0.25) is 0 Å². The van der Waals surface area contributed by atoms with Crippen molar-refractivity contribution >= 4 is 27.5 Å². The molecule has 1 aromatic heterocycles. The SMILES string of the molecule is C[C@@H](Sc1n[nH]c(=O)n1C1CC1)C(=O)N(C)[C@H]1CCS(=O)(=O)C1. The zero-order valence-corrected chi connectivity index (χ0v) is 14.7. The number of aromatic amines is 1. The first-order chi connectivity index (χ1) is 10.8. The highest BCUT2D eigenvalue weighted by atomic mass is 32.2. The molecule has 1 aliphatic carbocycles. The Hall–Kier alpha value is -1.29. The number of carbonyl (C=O) groups excluding carboxylic acids is 1. The first-order valence-corrected chi connectivity index (χ1v) is 10.3. The van der Waals surface area contributed by atoms with E-state index in [-0.39, 0.29) is 35.2 Å². The quantitative estimate of drug-likeness (QED) is 0.743. The number of thioether (sulfide) groups is 1. The van der Waals surface area contributed by atoms with Crippen LogP contribution in [0.5, 0.6) is 0 Å². The number of sulfone groups is 1. The molecule has 128 valence electrons. The summed E-state index contributed by atoms with van der Waals surface area (Å²) in [5.74, 6) is 0.0223. The average molecular weight is 360 g/mol. The van der Waals surface area contributed by atoms with Crippen molar-refractivity contribution in [3.05, 3.63) is 10.5 Å². The fraction of sp³-hybridized carbons (Fsp3) is 0.769. The summed E-state index contributed by atoms with van der Waals surface area (Å²) in [5.41, 5.74) is -0.245. The van der Waals surface area contributed by atoms with E-state index >= 15 is 0 Å². The van der Waals surface area contributed by atoms with Gasteiger partial charge in [0, 0.05) is 19.1 Å². The minimum absolute atomic E-state index is 0.0296. The van der Waals surface area contributed by atoms with Gasteiger partial charge in [-0.15, -0.1) is 5.10 Å². The molecule has 2 heterocycles. The highest BCUT2D eigenvalue weighted by molar-refractivity contribution is 8.00. The van der Waals surface area contributed by atoms with Crippen LogP contribution in [0.4, 0.5) is 0 Å². The van der Waals surface area contributed by atoms with Crippen molar-refractivity contribution in [2.45, 2.75) is 48.7 Å². The topological polar surface area (TPSA) is 105 Å². The summed E-state index contributed by atoms with van der Waals surface area (Å²) >= 11 is 1.23. The van der Waals surface area contributed by atoms with Crippen molar-refractivity contribution in [1.29, 1.82) is 0 Å². The second-order valence-electron chi connectivity index (χ2n) is 6.18. The Balaban J connectivity index is 1.67. The molecule has 0 bridgehead atoms. The van der Waals surface area contributed by atoms with Crippen molar-refractivity contribution in [3.8, 4) is 0 Å². The van der Waals surface area contributed by atoms with Crippen LogP contribution in [-0.4, -0.2) is 63.8 Å². The average Bonchev–Trinajstić information content (AvgIpc) is 3.17. The van der Waals surface area contributed by atoms with E-state index in [0.29, 0.717) is 11.6 Å². The molecule has 8 nitrogen and oxygen atoms in total. The Morgan fingerprint density at radius 1 is 1.43 bits per heavy atom. The van der Waals surface area contributed by atoms with E-state index in [1.165, 1.54) is 16.7 Å². The molecule has 3 rings (SSSR count). The molecule has 1 N–H and O–H groups in total. The molecule has 0 unspecified atom stereocenters. The zero-order valence-electron chi connectivity index (χ0n) is 13.1. The maximum Gasteiger partial charge on any atom is 0.344 e. The molecular formula is C13H20N4O4S2. The summed E-state index contributed by atoms with van der Waals surface area (Å²) in [6, 6.07) is -0.0795. The lowest BCUT2D eigenvalue weighted by Crippen LogP contribution is -2.41. The lowest BCUT2D eigenvalue weighted by atomic mass is 10.2. The number of amides is 1. The number of H-pyrrole nitrogens is 1. The highest BCUT2D eigenvalue weighted by Crippen LogP contribution is 2.37. The van der Waals surface area contributed by atoms with Gasteiger partial charge in [-0.25, -0.2) is 18.3 Å². The lowest BCUT2D eigenvalue weighted by molar-refractivity contribution is -0.130. The number of hydrogen-bond donors (Lipinski definition) is 1. The van der Waals surface area contributed by atoms with Crippen molar-refractivity contribution in [2.24, 2.45) is 0 Å². The summed E-state index contributed by atoms with van der Waals surface area (Å²) in [6.45, 7) is 1.75. The van der Waals surface area contributed by atoms with E-state index < -0.39 is 15.1 Å². The molecule has 23 heavy (non-hydrogen) atoms. The van der Waals surface area contributed by atoms with Gasteiger partial charge in [-0.1, -0.05) is 11.8 Å². The minimum Gasteiger partial charge on any atom is -0.341 e. The number of carbonyl (C=O) groups is 1. The molecule has 0 aromatic carbocycles. The number of aromatic nitrogens is 3. The Labute approximate surface area is 138 Å². The Kier molecular flexibility index (Phi) is 4.30. The summed E-state index contributed by atoms with van der Waals surface area (Å²) < 4.78 is 24.7. The first-order valence-electron chi connectivity index (χ1n) is 7.59.